The standard InChI is InChI=1S/C12H23NO/c1-10-8-11(2,3)13(14)12(9-10)6-4-5-7-12/h10,14H,4-9H2,1-3H3. The van der Waals surface area contributed by atoms with Crippen molar-refractivity contribution in [1.29, 1.82) is 0 Å². The van der Waals surface area contributed by atoms with Crippen molar-refractivity contribution in [3.8, 4) is 0 Å². The number of hydroxylamine groups is 2. The number of hydrogen-bond donors (Lipinski definition) is 1. The van der Waals surface area contributed by atoms with Crippen LogP contribution in [0.1, 0.15) is 59.3 Å². The molecular formula is C12H23NO. The minimum absolute atomic E-state index is 0.0258. The van der Waals surface area contributed by atoms with E-state index in [-0.39, 0.29) is 11.1 Å². The minimum atomic E-state index is -0.0258. The highest BCUT2D eigenvalue weighted by molar-refractivity contribution is 5.02. The van der Waals surface area contributed by atoms with Gasteiger partial charge in [0.1, 0.15) is 0 Å². The zero-order chi connectivity index (χ0) is 10.4. The largest absolute Gasteiger partial charge is 0.313 e. The monoisotopic (exact) mass is 197 g/mol. The highest BCUT2D eigenvalue weighted by atomic mass is 16.5. The van der Waals surface area contributed by atoms with Crippen LogP contribution in [0.3, 0.4) is 0 Å². The van der Waals surface area contributed by atoms with Crippen LogP contribution in [0.25, 0.3) is 0 Å². The van der Waals surface area contributed by atoms with Crippen LogP contribution < -0.4 is 0 Å². The van der Waals surface area contributed by atoms with Crippen molar-refractivity contribution in [2.45, 2.75) is 70.4 Å². The van der Waals surface area contributed by atoms with Gasteiger partial charge in [-0.1, -0.05) is 19.8 Å². The fraction of sp³-hybridized carbons (Fsp3) is 1.00. The Bertz CT molecular complexity index is 218. The highest BCUT2D eigenvalue weighted by Gasteiger charge is 2.50. The third kappa shape index (κ3) is 1.49. The van der Waals surface area contributed by atoms with E-state index >= 15 is 0 Å². The van der Waals surface area contributed by atoms with E-state index in [4.69, 9.17) is 0 Å². The summed E-state index contributed by atoms with van der Waals surface area (Å²) in [5.74, 6) is 0.756. The highest BCUT2D eigenvalue weighted by Crippen LogP contribution is 2.48. The lowest BCUT2D eigenvalue weighted by Crippen LogP contribution is -2.60. The van der Waals surface area contributed by atoms with Gasteiger partial charge in [-0.3, -0.25) is 0 Å². The van der Waals surface area contributed by atoms with E-state index in [0.29, 0.717) is 0 Å². The van der Waals surface area contributed by atoms with Crippen molar-refractivity contribution in [2.24, 2.45) is 5.92 Å². The molecule has 0 aromatic carbocycles. The van der Waals surface area contributed by atoms with Crippen molar-refractivity contribution in [3.63, 3.8) is 0 Å². The van der Waals surface area contributed by atoms with Crippen molar-refractivity contribution in [2.75, 3.05) is 0 Å². The topological polar surface area (TPSA) is 23.5 Å². The van der Waals surface area contributed by atoms with Gasteiger partial charge in [0, 0.05) is 11.1 Å². The van der Waals surface area contributed by atoms with E-state index in [9.17, 15) is 5.21 Å². The predicted octanol–water partition coefficient (Wildman–Crippen LogP) is 3.20. The number of hydrogen-bond acceptors (Lipinski definition) is 2. The van der Waals surface area contributed by atoms with Crippen molar-refractivity contribution in [3.05, 3.63) is 0 Å². The second kappa shape index (κ2) is 3.21. The Labute approximate surface area is 87.3 Å². The van der Waals surface area contributed by atoms with Crippen LogP contribution in [-0.4, -0.2) is 21.3 Å². The lowest BCUT2D eigenvalue weighted by atomic mass is 9.73. The lowest BCUT2D eigenvalue weighted by molar-refractivity contribution is -0.258. The Hall–Kier alpha value is -0.0800. The van der Waals surface area contributed by atoms with Crippen LogP contribution >= 0.6 is 0 Å². The van der Waals surface area contributed by atoms with E-state index in [2.05, 4.69) is 20.8 Å². The van der Waals surface area contributed by atoms with Gasteiger partial charge in [0.05, 0.1) is 0 Å². The molecule has 1 spiro atoms. The van der Waals surface area contributed by atoms with E-state index < -0.39 is 0 Å². The molecule has 1 aliphatic heterocycles. The van der Waals surface area contributed by atoms with Gasteiger partial charge in [-0.25, -0.2) is 0 Å². The van der Waals surface area contributed by atoms with Crippen molar-refractivity contribution >= 4 is 0 Å². The molecule has 0 radical (unpaired) electrons. The summed E-state index contributed by atoms with van der Waals surface area (Å²) in [6, 6.07) is 0. The Kier molecular flexibility index (Phi) is 2.39. The molecule has 1 saturated carbocycles. The molecule has 1 atom stereocenters. The van der Waals surface area contributed by atoms with Gasteiger partial charge in [-0.15, -0.1) is 0 Å². The Balaban J connectivity index is 2.24. The first-order chi connectivity index (χ1) is 6.46. The third-order valence-corrected chi connectivity index (χ3v) is 4.13. The predicted molar refractivity (Wildman–Crippen MR) is 57.3 cm³/mol. The van der Waals surface area contributed by atoms with Crippen LogP contribution in [0, 0.1) is 5.92 Å². The summed E-state index contributed by atoms with van der Waals surface area (Å²) in [5, 5.41) is 12.0. The van der Waals surface area contributed by atoms with E-state index in [1.807, 2.05) is 0 Å². The van der Waals surface area contributed by atoms with Crippen LogP contribution in [0.15, 0.2) is 0 Å². The fourth-order valence-corrected chi connectivity index (χ4v) is 3.84. The summed E-state index contributed by atoms with van der Waals surface area (Å²) >= 11 is 0. The number of piperidine rings is 1. The lowest BCUT2D eigenvalue weighted by Gasteiger charge is -2.52. The average molecular weight is 197 g/mol. The van der Waals surface area contributed by atoms with Crippen LogP contribution in [0.2, 0.25) is 0 Å². The maximum Gasteiger partial charge on any atom is 0.0469 e. The maximum atomic E-state index is 10.3. The molecule has 1 saturated heterocycles. The quantitative estimate of drug-likeness (QED) is 0.644. The van der Waals surface area contributed by atoms with Crippen LogP contribution in [0.5, 0.6) is 0 Å². The summed E-state index contributed by atoms with van der Waals surface area (Å²) in [5.41, 5.74) is 0.100. The van der Waals surface area contributed by atoms with Gasteiger partial charge in [0.25, 0.3) is 0 Å². The van der Waals surface area contributed by atoms with Gasteiger partial charge in [0.15, 0.2) is 0 Å². The first kappa shape index (κ1) is 10.4. The molecule has 2 nitrogen and oxygen atoms in total. The maximum absolute atomic E-state index is 10.3. The fourth-order valence-electron chi connectivity index (χ4n) is 3.84. The zero-order valence-electron chi connectivity index (χ0n) is 9.71. The molecule has 82 valence electrons. The molecule has 0 amide bonds. The molecule has 1 heterocycles. The summed E-state index contributed by atoms with van der Waals surface area (Å²) < 4.78 is 0. The van der Waals surface area contributed by atoms with E-state index in [0.717, 1.165) is 12.3 Å². The summed E-state index contributed by atoms with van der Waals surface area (Å²) in [6.45, 7) is 6.67. The normalized spacial score (nSPS) is 36.4. The van der Waals surface area contributed by atoms with Crippen LogP contribution in [-0.2, 0) is 0 Å². The molecule has 2 heteroatoms. The third-order valence-electron chi connectivity index (χ3n) is 4.13. The molecule has 0 bridgehead atoms. The second-order valence-corrected chi connectivity index (χ2v) is 6.07. The minimum Gasteiger partial charge on any atom is -0.313 e. The molecule has 0 aromatic heterocycles. The summed E-state index contributed by atoms with van der Waals surface area (Å²) in [4.78, 5) is 0. The number of rotatable bonds is 0. The smallest absolute Gasteiger partial charge is 0.0469 e. The molecule has 0 aromatic rings. The first-order valence-corrected chi connectivity index (χ1v) is 5.96. The zero-order valence-corrected chi connectivity index (χ0v) is 9.71. The van der Waals surface area contributed by atoms with Crippen molar-refractivity contribution < 1.29 is 5.21 Å². The average Bonchev–Trinajstić information content (AvgIpc) is 2.49. The van der Waals surface area contributed by atoms with E-state index in [1.54, 1.807) is 5.06 Å². The molecule has 1 aliphatic carbocycles. The first-order valence-electron chi connectivity index (χ1n) is 5.96. The Morgan fingerprint density at radius 2 is 1.71 bits per heavy atom. The molecule has 2 rings (SSSR count). The molecule has 2 fully saturated rings. The number of nitrogens with zero attached hydrogens (tertiary/aromatic N) is 1. The van der Waals surface area contributed by atoms with Gasteiger partial charge >= 0.3 is 0 Å². The summed E-state index contributed by atoms with van der Waals surface area (Å²) in [7, 11) is 0. The molecule has 14 heavy (non-hydrogen) atoms. The van der Waals surface area contributed by atoms with Gasteiger partial charge in [-0.05, 0) is 45.4 Å². The molecule has 1 unspecified atom stereocenters. The Morgan fingerprint density at radius 1 is 1.14 bits per heavy atom. The van der Waals surface area contributed by atoms with Crippen molar-refractivity contribution in [1.82, 2.24) is 5.06 Å². The SMILES string of the molecule is CC1CC(C)(C)N(O)C2(CCCC2)C1. The van der Waals surface area contributed by atoms with Gasteiger partial charge in [-0.2, -0.15) is 5.06 Å². The summed E-state index contributed by atoms with van der Waals surface area (Å²) in [6.07, 6.45) is 7.27. The second-order valence-electron chi connectivity index (χ2n) is 6.07. The molecule has 1 N–H and O–H groups in total. The molecular weight excluding hydrogens is 174 g/mol. The van der Waals surface area contributed by atoms with Gasteiger partial charge < -0.3 is 5.21 Å². The molecule has 2 aliphatic rings. The van der Waals surface area contributed by atoms with Gasteiger partial charge in [0.2, 0.25) is 0 Å². The van der Waals surface area contributed by atoms with Crippen LogP contribution in [0.4, 0.5) is 0 Å². The van der Waals surface area contributed by atoms with E-state index in [1.165, 1.54) is 32.1 Å². The Morgan fingerprint density at radius 3 is 2.29 bits per heavy atom.